The number of likely N-dealkylation sites (tertiary alicyclic amines) is 1. The van der Waals surface area contributed by atoms with Crippen molar-refractivity contribution in [1.29, 1.82) is 0 Å². The molecule has 2 fully saturated rings. The maximum absolute atomic E-state index is 12.5. The van der Waals surface area contributed by atoms with Crippen LogP contribution in [0.15, 0.2) is 0 Å². The fourth-order valence-electron chi connectivity index (χ4n) is 3.06. The lowest BCUT2D eigenvalue weighted by molar-refractivity contribution is -0.141. The number of hydrogen-bond acceptors (Lipinski definition) is 4. The van der Waals surface area contributed by atoms with E-state index < -0.39 is 10.2 Å². The van der Waals surface area contributed by atoms with Gasteiger partial charge in [-0.1, -0.05) is 0 Å². The monoisotopic (exact) mass is 303 g/mol. The van der Waals surface area contributed by atoms with Gasteiger partial charge in [0.25, 0.3) is 10.2 Å². The molecule has 2 heterocycles. The highest BCUT2D eigenvalue weighted by molar-refractivity contribution is 7.86. The third kappa shape index (κ3) is 3.18. The second-order valence-corrected chi connectivity index (χ2v) is 7.09. The van der Waals surface area contributed by atoms with E-state index in [4.69, 9.17) is 5.14 Å². The number of nitrogens with zero attached hydrogens (tertiary/aromatic N) is 2. The van der Waals surface area contributed by atoms with Gasteiger partial charge in [-0.3, -0.25) is 9.59 Å². The molecule has 8 heteroatoms. The summed E-state index contributed by atoms with van der Waals surface area (Å²) in [6, 6.07) is -0.340. The van der Waals surface area contributed by atoms with E-state index in [0.29, 0.717) is 32.4 Å². The van der Waals surface area contributed by atoms with Gasteiger partial charge in [0.1, 0.15) is 0 Å². The number of ketones is 1. The summed E-state index contributed by atoms with van der Waals surface area (Å²) >= 11 is 0. The van der Waals surface area contributed by atoms with Gasteiger partial charge >= 0.3 is 0 Å². The molecule has 2 rings (SSSR count). The molecule has 2 aliphatic rings. The van der Waals surface area contributed by atoms with Crippen molar-refractivity contribution in [2.75, 3.05) is 19.6 Å². The first kappa shape index (κ1) is 15.4. The maximum Gasteiger partial charge on any atom is 0.276 e. The van der Waals surface area contributed by atoms with Crippen LogP contribution >= 0.6 is 0 Å². The minimum Gasteiger partial charge on any atom is -0.332 e. The largest absolute Gasteiger partial charge is 0.332 e. The number of piperidine rings is 1. The minimum atomic E-state index is -3.75. The fourth-order valence-corrected chi connectivity index (χ4v) is 3.83. The second-order valence-electron chi connectivity index (χ2n) is 5.54. The van der Waals surface area contributed by atoms with Crippen molar-refractivity contribution in [3.8, 4) is 0 Å². The smallest absolute Gasteiger partial charge is 0.276 e. The average Bonchev–Trinajstić information content (AvgIpc) is 2.86. The number of carbonyl (C=O) groups is 2. The lowest BCUT2D eigenvalue weighted by Gasteiger charge is -2.33. The predicted molar refractivity (Wildman–Crippen MR) is 72.8 cm³/mol. The van der Waals surface area contributed by atoms with Gasteiger partial charge in [-0.05, 0) is 32.6 Å². The molecular weight excluding hydrogens is 282 g/mol. The minimum absolute atomic E-state index is 0.00466. The molecule has 0 spiro atoms. The Morgan fingerprint density at radius 2 is 1.80 bits per heavy atom. The lowest BCUT2D eigenvalue weighted by Crippen LogP contribution is -2.50. The van der Waals surface area contributed by atoms with Crippen LogP contribution in [0, 0.1) is 5.92 Å². The van der Waals surface area contributed by atoms with E-state index in [1.165, 1.54) is 6.92 Å². The Balaban J connectivity index is 2.07. The summed E-state index contributed by atoms with van der Waals surface area (Å²) in [5, 5.41) is 5.12. The molecule has 2 N–H and O–H groups in total. The summed E-state index contributed by atoms with van der Waals surface area (Å²) in [6.45, 7) is 2.56. The fraction of sp³-hybridized carbons (Fsp3) is 0.833. The number of amides is 1. The van der Waals surface area contributed by atoms with Crippen LogP contribution in [0.4, 0.5) is 0 Å². The Kier molecular flexibility index (Phi) is 4.46. The molecule has 0 aromatic heterocycles. The first-order valence-electron chi connectivity index (χ1n) is 6.89. The zero-order chi connectivity index (χ0) is 14.9. The quantitative estimate of drug-likeness (QED) is 0.758. The molecule has 0 aromatic carbocycles. The van der Waals surface area contributed by atoms with E-state index >= 15 is 0 Å². The predicted octanol–water partition coefficient (Wildman–Crippen LogP) is -0.518. The van der Waals surface area contributed by atoms with E-state index in [-0.39, 0.29) is 30.2 Å². The van der Waals surface area contributed by atoms with E-state index in [1.54, 1.807) is 4.90 Å². The highest BCUT2D eigenvalue weighted by atomic mass is 32.2. The number of carbonyl (C=O) groups excluding carboxylic acids is 2. The molecule has 2 atom stereocenters. The molecular formula is C12H21N3O4S. The summed E-state index contributed by atoms with van der Waals surface area (Å²) < 4.78 is 23.9. The zero-order valence-corrected chi connectivity index (χ0v) is 12.4. The van der Waals surface area contributed by atoms with Crippen molar-refractivity contribution in [3.05, 3.63) is 0 Å². The summed E-state index contributed by atoms with van der Waals surface area (Å²) in [5.41, 5.74) is 0. The Morgan fingerprint density at radius 1 is 1.15 bits per heavy atom. The average molecular weight is 303 g/mol. The van der Waals surface area contributed by atoms with Crippen molar-refractivity contribution >= 4 is 21.9 Å². The summed E-state index contributed by atoms with van der Waals surface area (Å²) in [6.07, 6.45) is 2.78. The van der Waals surface area contributed by atoms with E-state index in [0.717, 1.165) is 10.7 Å². The van der Waals surface area contributed by atoms with Crippen LogP contribution in [0.5, 0.6) is 0 Å². The molecule has 20 heavy (non-hydrogen) atoms. The van der Waals surface area contributed by atoms with E-state index in [2.05, 4.69) is 0 Å². The number of Topliss-reactive ketones (excluding diaryl/α,β-unsaturated/α-hetero) is 1. The molecule has 0 radical (unpaired) electrons. The molecule has 7 nitrogen and oxygen atoms in total. The lowest BCUT2D eigenvalue weighted by atomic mass is 9.97. The van der Waals surface area contributed by atoms with E-state index in [1.807, 2.05) is 0 Å². The third-order valence-corrected chi connectivity index (χ3v) is 5.15. The highest BCUT2D eigenvalue weighted by Gasteiger charge is 2.38. The molecule has 114 valence electrons. The third-order valence-electron chi connectivity index (χ3n) is 4.10. The number of rotatable bonds is 3. The van der Waals surface area contributed by atoms with Crippen molar-refractivity contribution < 1.29 is 18.0 Å². The van der Waals surface area contributed by atoms with Gasteiger partial charge in [-0.2, -0.15) is 12.7 Å². The maximum atomic E-state index is 12.5. The van der Waals surface area contributed by atoms with Gasteiger partial charge in [0.2, 0.25) is 5.91 Å². The van der Waals surface area contributed by atoms with Crippen molar-refractivity contribution in [2.24, 2.45) is 11.1 Å². The summed E-state index contributed by atoms with van der Waals surface area (Å²) in [7, 11) is -3.75. The normalized spacial score (nSPS) is 28.6. The topological polar surface area (TPSA) is 101 Å². The van der Waals surface area contributed by atoms with Crippen LogP contribution in [-0.4, -0.2) is 55.0 Å². The van der Waals surface area contributed by atoms with Crippen LogP contribution in [0.3, 0.4) is 0 Å². The standard InChI is InChI=1S/C12H21N3O4S/c1-9(16)11-5-3-7-15(11)12(17)10-4-2-6-14(8-10)20(13,18)19/h10-11H,2-8H2,1H3,(H2,13,18,19)/t10-,11+/m0/s1. The first-order chi connectivity index (χ1) is 9.30. The Morgan fingerprint density at radius 3 is 2.40 bits per heavy atom. The molecule has 2 aliphatic heterocycles. The SMILES string of the molecule is CC(=O)[C@H]1CCCN1C(=O)[C@H]1CCCN(S(N)(=O)=O)C1. The van der Waals surface area contributed by atoms with Gasteiger partial charge < -0.3 is 4.90 Å². The summed E-state index contributed by atoms with van der Waals surface area (Å²) in [4.78, 5) is 25.7. The van der Waals surface area contributed by atoms with Gasteiger partial charge in [-0.15, -0.1) is 0 Å². The van der Waals surface area contributed by atoms with Crippen LogP contribution in [0.1, 0.15) is 32.6 Å². The van der Waals surface area contributed by atoms with Crippen molar-refractivity contribution in [1.82, 2.24) is 9.21 Å². The second kappa shape index (κ2) is 5.79. The van der Waals surface area contributed by atoms with Crippen LogP contribution < -0.4 is 5.14 Å². The Hall–Kier alpha value is -0.990. The van der Waals surface area contributed by atoms with Crippen molar-refractivity contribution in [3.63, 3.8) is 0 Å². The Bertz CT molecular complexity index is 505. The van der Waals surface area contributed by atoms with E-state index in [9.17, 15) is 18.0 Å². The molecule has 0 bridgehead atoms. The van der Waals surface area contributed by atoms with Crippen LogP contribution in [0.25, 0.3) is 0 Å². The molecule has 0 aromatic rings. The molecule has 0 saturated carbocycles. The van der Waals surface area contributed by atoms with Gasteiger partial charge in [0.15, 0.2) is 5.78 Å². The highest BCUT2D eigenvalue weighted by Crippen LogP contribution is 2.25. The molecule has 1 amide bonds. The van der Waals surface area contributed by atoms with Crippen molar-refractivity contribution in [2.45, 2.75) is 38.6 Å². The number of hydrogen-bond donors (Lipinski definition) is 1. The van der Waals surface area contributed by atoms with Crippen LogP contribution in [0.2, 0.25) is 0 Å². The first-order valence-corrected chi connectivity index (χ1v) is 8.40. The molecule has 0 aliphatic carbocycles. The summed E-state index contributed by atoms with van der Waals surface area (Å²) in [5.74, 6) is -0.506. The van der Waals surface area contributed by atoms with Gasteiger partial charge in [0.05, 0.1) is 12.0 Å². The molecule has 0 unspecified atom stereocenters. The molecule has 2 saturated heterocycles. The zero-order valence-electron chi connectivity index (χ0n) is 11.6. The Labute approximate surface area is 119 Å². The van der Waals surface area contributed by atoms with Gasteiger partial charge in [0, 0.05) is 19.6 Å². The van der Waals surface area contributed by atoms with Gasteiger partial charge in [-0.25, -0.2) is 5.14 Å². The number of nitrogens with two attached hydrogens (primary N) is 1. The van der Waals surface area contributed by atoms with Crippen LogP contribution in [-0.2, 0) is 19.8 Å².